The maximum Gasteiger partial charge on any atom is 0.407 e. The summed E-state index contributed by atoms with van der Waals surface area (Å²) in [5, 5.41) is 17.0. The predicted molar refractivity (Wildman–Crippen MR) is 152 cm³/mol. The third kappa shape index (κ3) is 3.83. The maximum atomic E-state index is 11.4. The molecule has 1 spiro atoms. The van der Waals surface area contributed by atoms with Gasteiger partial charge in [0.25, 0.3) is 0 Å². The topological polar surface area (TPSA) is 94.6 Å². The summed E-state index contributed by atoms with van der Waals surface area (Å²) >= 11 is 0. The minimum Gasteiger partial charge on any atom is -0.468 e. The van der Waals surface area contributed by atoms with E-state index in [2.05, 4.69) is 59.2 Å². The van der Waals surface area contributed by atoms with Gasteiger partial charge in [0, 0.05) is 62.1 Å². The molecule has 1 aliphatic heterocycles. The van der Waals surface area contributed by atoms with Crippen LogP contribution in [0.25, 0.3) is 44.2 Å². The number of hydrogen-bond donors (Lipinski definition) is 1. The highest BCUT2D eigenvalue weighted by atomic mass is 16.7. The normalized spacial score (nSPS) is 16.4. The van der Waals surface area contributed by atoms with Crippen LogP contribution in [0.4, 0.5) is 4.79 Å². The van der Waals surface area contributed by atoms with Crippen molar-refractivity contribution in [3.05, 3.63) is 66.6 Å². The molecule has 9 heteroatoms. The number of rotatable bonds is 6. The van der Waals surface area contributed by atoms with Crippen LogP contribution in [0.1, 0.15) is 24.6 Å². The highest BCUT2D eigenvalue weighted by Crippen LogP contribution is 2.56. The molecule has 2 aromatic heterocycles. The van der Waals surface area contributed by atoms with E-state index in [0.717, 1.165) is 68.6 Å². The smallest absolute Gasteiger partial charge is 0.407 e. The maximum absolute atomic E-state index is 11.4. The van der Waals surface area contributed by atoms with Gasteiger partial charge in [-0.25, -0.2) is 9.78 Å². The first-order valence-corrected chi connectivity index (χ1v) is 13.5. The van der Waals surface area contributed by atoms with Gasteiger partial charge in [-0.3, -0.25) is 4.68 Å². The Bertz CT molecular complexity index is 1770. The molecule has 3 heterocycles. The van der Waals surface area contributed by atoms with Crippen LogP contribution < -0.4 is 4.74 Å². The zero-order valence-corrected chi connectivity index (χ0v) is 22.8. The Kier molecular flexibility index (Phi) is 5.60. The Morgan fingerprint density at radius 3 is 2.65 bits per heavy atom. The molecule has 204 valence electrons. The van der Waals surface area contributed by atoms with Gasteiger partial charge in [0.1, 0.15) is 11.6 Å². The molecule has 9 nitrogen and oxygen atoms in total. The fraction of sp³-hybridized carbons (Fsp3) is 0.323. The summed E-state index contributed by atoms with van der Waals surface area (Å²) < 4.78 is 15.2. The number of carboxylic acid groups (broad SMARTS) is 1. The zero-order valence-electron chi connectivity index (χ0n) is 22.8. The largest absolute Gasteiger partial charge is 0.468 e. The molecule has 5 aromatic rings. The molecule has 2 aliphatic rings. The van der Waals surface area contributed by atoms with Crippen molar-refractivity contribution in [2.24, 2.45) is 19.5 Å². The number of ether oxygens (including phenoxy) is 2. The van der Waals surface area contributed by atoms with Gasteiger partial charge in [-0.15, -0.1) is 0 Å². The first-order chi connectivity index (χ1) is 19.4. The number of amides is 1. The molecular weight excluding hydrogens is 506 g/mol. The van der Waals surface area contributed by atoms with Crippen LogP contribution in [0.15, 0.2) is 60.8 Å². The number of imidazole rings is 1. The Hall–Kier alpha value is -4.37. The van der Waals surface area contributed by atoms with Crippen molar-refractivity contribution < 1.29 is 19.4 Å². The van der Waals surface area contributed by atoms with Crippen molar-refractivity contribution in [1.29, 1.82) is 0 Å². The van der Waals surface area contributed by atoms with Gasteiger partial charge in [0.05, 0.1) is 23.1 Å². The molecule has 1 saturated heterocycles. The lowest BCUT2D eigenvalue weighted by Gasteiger charge is -2.57. The quantitative estimate of drug-likeness (QED) is 0.282. The fourth-order valence-electron chi connectivity index (χ4n) is 6.72. The van der Waals surface area contributed by atoms with E-state index < -0.39 is 6.09 Å². The van der Waals surface area contributed by atoms with E-state index in [1.807, 2.05) is 30.1 Å². The lowest BCUT2D eigenvalue weighted by molar-refractivity contribution is -0.0604. The molecule has 1 amide bonds. The van der Waals surface area contributed by atoms with Crippen molar-refractivity contribution in [3.63, 3.8) is 0 Å². The summed E-state index contributed by atoms with van der Waals surface area (Å²) in [6.45, 7) is 1.39. The van der Waals surface area contributed by atoms with Crippen LogP contribution in [-0.4, -0.2) is 62.4 Å². The zero-order chi connectivity index (χ0) is 27.6. The average Bonchev–Trinajstić information content (AvgIpc) is 3.44. The highest BCUT2D eigenvalue weighted by Gasteiger charge is 2.55. The second-order valence-electron chi connectivity index (χ2n) is 11.3. The third-order valence-corrected chi connectivity index (χ3v) is 8.63. The van der Waals surface area contributed by atoms with Crippen LogP contribution in [0, 0.1) is 5.41 Å². The van der Waals surface area contributed by atoms with E-state index in [1.165, 1.54) is 4.90 Å². The summed E-state index contributed by atoms with van der Waals surface area (Å²) in [6, 6.07) is 18.8. The Morgan fingerprint density at radius 1 is 1.07 bits per heavy atom. The number of fused-ring (bicyclic) bond motifs is 2. The van der Waals surface area contributed by atoms with Crippen LogP contribution in [0.5, 0.6) is 5.75 Å². The first-order valence-electron chi connectivity index (χ1n) is 13.5. The van der Waals surface area contributed by atoms with Crippen molar-refractivity contribution >= 4 is 27.8 Å². The molecule has 2 fully saturated rings. The monoisotopic (exact) mass is 537 g/mol. The van der Waals surface area contributed by atoms with E-state index >= 15 is 0 Å². The molecule has 3 aromatic carbocycles. The average molecular weight is 538 g/mol. The number of likely N-dealkylation sites (tertiary alicyclic amines) is 1. The van der Waals surface area contributed by atoms with E-state index in [4.69, 9.17) is 14.5 Å². The SMILES string of the molecule is COCOc1cc(-c2c(-c3ccc4c(cnn4C)c3)nc(C3CC4(C3)CN(C(=O)O)C4)n2C)c2ccccc2c1. The van der Waals surface area contributed by atoms with Crippen LogP contribution in [0.2, 0.25) is 0 Å². The number of carbonyl (C=O) groups is 1. The van der Waals surface area contributed by atoms with Crippen LogP contribution >= 0.6 is 0 Å². The summed E-state index contributed by atoms with van der Waals surface area (Å²) in [5.41, 5.74) is 5.17. The molecule has 0 radical (unpaired) electrons. The van der Waals surface area contributed by atoms with Gasteiger partial charge < -0.3 is 24.0 Å². The molecule has 0 unspecified atom stereocenters. The van der Waals surface area contributed by atoms with Crippen LogP contribution in [-0.2, 0) is 18.8 Å². The van der Waals surface area contributed by atoms with Crippen molar-refractivity contribution in [1.82, 2.24) is 24.2 Å². The van der Waals surface area contributed by atoms with E-state index in [9.17, 15) is 9.90 Å². The van der Waals surface area contributed by atoms with E-state index in [-0.39, 0.29) is 18.1 Å². The van der Waals surface area contributed by atoms with Crippen LogP contribution in [0.3, 0.4) is 0 Å². The second kappa shape index (κ2) is 9.09. The summed E-state index contributed by atoms with van der Waals surface area (Å²) in [4.78, 5) is 18.2. The number of benzene rings is 3. The van der Waals surface area contributed by atoms with E-state index in [1.54, 1.807) is 7.11 Å². The lowest BCUT2D eigenvalue weighted by atomic mass is 9.57. The highest BCUT2D eigenvalue weighted by molar-refractivity contribution is 6.00. The Morgan fingerprint density at radius 2 is 1.88 bits per heavy atom. The molecular formula is C31H31N5O4. The van der Waals surface area contributed by atoms with Crippen molar-refractivity contribution in [2.45, 2.75) is 18.8 Å². The molecule has 1 aliphatic carbocycles. The molecule has 0 bridgehead atoms. The van der Waals surface area contributed by atoms with Gasteiger partial charge in [0.2, 0.25) is 0 Å². The second-order valence-corrected chi connectivity index (χ2v) is 11.3. The number of hydrogen-bond acceptors (Lipinski definition) is 5. The lowest BCUT2D eigenvalue weighted by Crippen LogP contribution is -2.63. The molecule has 0 atom stereocenters. The Balaban J connectivity index is 1.37. The third-order valence-electron chi connectivity index (χ3n) is 8.63. The molecule has 1 N–H and O–H groups in total. The molecule has 1 saturated carbocycles. The number of nitrogens with zero attached hydrogens (tertiary/aromatic N) is 5. The predicted octanol–water partition coefficient (Wildman–Crippen LogP) is 5.63. The van der Waals surface area contributed by atoms with Gasteiger partial charge in [-0.1, -0.05) is 30.3 Å². The van der Waals surface area contributed by atoms with Gasteiger partial charge in [0.15, 0.2) is 6.79 Å². The van der Waals surface area contributed by atoms with E-state index in [0.29, 0.717) is 13.1 Å². The standard InChI is InChI=1S/C31H31N5O4/c1-34-28(25-12-23(40-18-39-3)11-19-6-4-5-7-24(19)25)27(20-8-9-26-21(10-20)15-32-35(26)2)33-29(34)22-13-31(14-22)16-36(17-31)30(37)38/h4-12,15,22H,13-14,16-18H2,1-3H3,(H,37,38). The molecule has 7 rings (SSSR count). The first kappa shape index (κ1) is 24.7. The number of aryl methyl sites for hydroxylation is 1. The summed E-state index contributed by atoms with van der Waals surface area (Å²) in [6.07, 6.45) is 2.95. The Labute approximate surface area is 231 Å². The number of methoxy groups -OCH3 is 1. The summed E-state index contributed by atoms with van der Waals surface area (Å²) in [5.74, 6) is 2.04. The van der Waals surface area contributed by atoms with Gasteiger partial charge >= 0.3 is 6.09 Å². The molecule has 40 heavy (non-hydrogen) atoms. The van der Waals surface area contributed by atoms with Gasteiger partial charge in [-0.05, 0) is 47.9 Å². The van der Waals surface area contributed by atoms with Gasteiger partial charge in [-0.2, -0.15) is 5.10 Å². The van der Waals surface area contributed by atoms with Crippen molar-refractivity contribution in [2.75, 3.05) is 27.0 Å². The minimum absolute atomic E-state index is 0.0879. The number of aromatic nitrogens is 4. The fourth-order valence-corrected chi connectivity index (χ4v) is 6.72. The summed E-state index contributed by atoms with van der Waals surface area (Å²) in [7, 11) is 5.66. The van der Waals surface area contributed by atoms with Crippen molar-refractivity contribution in [3.8, 4) is 28.3 Å². The minimum atomic E-state index is -0.830.